The molecule has 0 amide bonds. The van der Waals surface area contributed by atoms with E-state index in [9.17, 15) is 4.79 Å². The highest BCUT2D eigenvalue weighted by molar-refractivity contribution is 6.30. The van der Waals surface area contributed by atoms with Crippen molar-refractivity contribution >= 4 is 17.6 Å². The lowest BCUT2D eigenvalue weighted by molar-refractivity contribution is -0.152. The fourth-order valence-electron chi connectivity index (χ4n) is 1.12. The van der Waals surface area contributed by atoms with Gasteiger partial charge in [0.2, 0.25) is 0 Å². The minimum atomic E-state index is -1.04. The summed E-state index contributed by atoms with van der Waals surface area (Å²) in [6, 6.07) is 6.77. The van der Waals surface area contributed by atoms with E-state index in [0.29, 0.717) is 17.4 Å². The molecule has 0 aliphatic heterocycles. The van der Waals surface area contributed by atoms with Crippen LogP contribution in [0.25, 0.3) is 0 Å². The molecule has 0 heterocycles. The number of halogens is 1. The Bertz CT molecular complexity index is 354. The van der Waals surface area contributed by atoms with Gasteiger partial charge < -0.3 is 14.6 Å². The molecule has 1 aromatic rings. The minimum absolute atomic E-state index is 0.0382. The standard InChI is InChI=1S/C11H13ClO4/c1-2-15-10(11(13)14)7-16-9-5-3-4-8(12)6-9/h3-6,10H,2,7H2,1H3,(H,13,14). The van der Waals surface area contributed by atoms with E-state index in [1.165, 1.54) is 0 Å². The summed E-state index contributed by atoms with van der Waals surface area (Å²) in [5.41, 5.74) is 0. The average Bonchev–Trinajstić information content (AvgIpc) is 2.24. The summed E-state index contributed by atoms with van der Waals surface area (Å²) in [4.78, 5) is 10.7. The summed E-state index contributed by atoms with van der Waals surface area (Å²) in [5, 5.41) is 9.35. The number of hydrogen-bond acceptors (Lipinski definition) is 3. The van der Waals surface area contributed by atoms with Gasteiger partial charge in [-0.05, 0) is 25.1 Å². The molecule has 0 fully saturated rings. The second-order valence-corrected chi connectivity index (χ2v) is 3.49. The summed E-state index contributed by atoms with van der Waals surface area (Å²) in [6.45, 7) is 2.02. The molecule has 1 N–H and O–H groups in total. The Balaban J connectivity index is 2.51. The van der Waals surface area contributed by atoms with Crippen molar-refractivity contribution in [1.82, 2.24) is 0 Å². The smallest absolute Gasteiger partial charge is 0.336 e. The van der Waals surface area contributed by atoms with E-state index in [4.69, 9.17) is 26.2 Å². The highest BCUT2D eigenvalue weighted by Gasteiger charge is 2.18. The Morgan fingerprint density at radius 3 is 2.88 bits per heavy atom. The first-order valence-corrected chi connectivity index (χ1v) is 5.24. The van der Waals surface area contributed by atoms with Crippen molar-refractivity contribution in [3.05, 3.63) is 29.3 Å². The van der Waals surface area contributed by atoms with Crippen molar-refractivity contribution in [2.24, 2.45) is 0 Å². The van der Waals surface area contributed by atoms with E-state index >= 15 is 0 Å². The van der Waals surface area contributed by atoms with Gasteiger partial charge in [0.05, 0.1) is 0 Å². The molecule has 0 radical (unpaired) electrons. The van der Waals surface area contributed by atoms with Crippen LogP contribution in [0.2, 0.25) is 5.02 Å². The van der Waals surface area contributed by atoms with Crippen LogP contribution in [-0.2, 0) is 9.53 Å². The molecule has 4 nitrogen and oxygen atoms in total. The fraction of sp³-hybridized carbons (Fsp3) is 0.364. The maximum atomic E-state index is 10.7. The predicted octanol–water partition coefficient (Wildman–Crippen LogP) is 2.21. The van der Waals surface area contributed by atoms with E-state index < -0.39 is 12.1 Å². The van der Waals surface area contributed by atoms with Crippen molar-refractivity contribution < 1.29 is 19.4 Å². The number of aliphatic carboxylic acids is 1. The number of carbonyl (C=O) groups is 1. The Morgan fingerprint density at radius 2 is 2.31 bits per heavy atom. The minimum Gasteiger partial charge on any atom is -0.490 e. The Labute approximate surface area is 98.7 Å². The highest BCUT2D eigenvalue weighted by atomic mass is 35.5. The molecule has 0 aliphatic rings. The number of ether oxygens (including phenoxy) is 2. The van der Waals surface area contributed by atoms with Crippen LogP contribution < -0.4 is 4.74 Å². The first-order chi connectivity index (χ1) is 7.63. The van der Waals surface area contributed by atoms with Crippen LogP contribution in [0.15, 0.2) is 24.3 Å². The number of hydrogen-bond donors (Lipinski definition) is 1. The molecule has 5 heteroatoms. The van der Waals surface area contributed by atoms with Crippen molar-refractivity contribution in [3.8, 4) is 5.75 Å². The normalized spacial score (nSPS) is 12.1. The molecular formula is C11H13ClO4. The van der Waals surface area contributed by atoms with Gasteiger partial charge in [-0.1, -0.05) is 17.7 Å². The highest BCUT2D eigenvalue weighted by Crippen LogP contribution is 2.17. The maximum absolute atomic E-state index is 10.7. The predicted molar refractivity (Wildman–Crippen MR) is 60.0 cm³/mol. The first kappa shape index (κ1) is 12.8. The summed E-state index contributed by atoms with van der Waals surface area (Å²) in [7, 11) is 0. The van der Waals surface area contributed by atoms with Crippen LogP contribution in [0.1, 0.15) is 6.92 Å². The second-order valence-electron chi connectivity index (χ2n) is 3.05. The van der Waals surface area contributed by atoms with E-state index in [-0.39, 0.29) is 6.61 Å². The largest absolute Gasteiger partial charge is 0.490 e. The van der Waals surface area contributed by atoms with Crippen LogP contribution in [0.5, 0.6) is 5.75 Å². The summed E-state index contributed by atoms with van der Waals surface area (Å²) in [5.74, 6) is -0.512. The zero-order chi connectivity index (χ0) is 12.0. The van der Waals surface area contributed by atoms with Gasteiger partial charge in [-0.2, -0.15) is 0 Å². The van der Waals surface area contributed by atoms with Crippen LogP contribution >= 0.6 is 11.6 Å². The lowest BCUT2D eigenvalue weighted by atomic mass is 10.3. The molecule has 0 saturated heterocycles. The summed E-state index contributed by atoms with van der Waals surface area (Å²) >= 11 is 5.76. The number of carboxylic acids is 1. The molecule has 1 atom stereocenters. The van der Waals surface area contributed by atoms with E-state index in [1.54, 1.807) is 31.2 Å². The lowest BCUT2D eigenvalue weighted by Gasteiger charge is -2.13. The number of carboxylic acid groups (broad SMARTS) is 1. The molecule has 0 spiro atoms. The molecule has 16 heavy (non-hydrogen) atoms. The fourth-order valence-corrected chi connectivity index (χ4v) is 1.30. The monoisotopic (exact) mass is 244 g/mol. The molecule has 88 valence electrons. The zero-order valence-corrected chi connectivity index (χ0v) is 9.61. The van der Waals surface area contributed by atoms with Crippen LogP contribution in [0.3, 0.4) is 0 Å². The SMILES string of the molecule is CCOC(COc1cccc(Cl)c1)C(=O)O. The maximum Gasteiger partial charge on any atom is 0.336 e. The molecule has 0 bridgehead atoms. The van der Waals surface area contributed by atoms with Gasteiger partial charge in [0.25, 0.3) is 0 Å². The van der Waals surface area contributed by atoms with Crippen molar-refractivity contribution in [1.29, 1.82) is 0 Å². The average molecular weight is 245 g/mol. The van der Waals surface area contributed by atoms with Crippen molar-refractivity contribution in [3.63, 3.8) is 0 Å². The molecule has 0 aliphatic carbocycles. The van der Waals surface area contributed by atoms with Crippen molar-refractivity contribution in [2.75, 3.05) is 13.2 Å². The van der Waals surface area contributed by atoms with Gasteiger partial charge >= 0.3 is 5.97 Å². The van der Waals surface area contributed by atoms with Crippen LogP contribution in [-0.4, -0.2) is 30.4 Å². The molecule has 1 rings (SSSR count). The van der Waals surface area contributed by atoms with Gasteiger partial charge in [-0.25, -0.2) is 4.79 Å². The summed E-state index contributed by atoms with van der Waals surface area (Å²) in [6.07, 6.45) is -0.955. The van der Waals surface area contributed by atoms with E-state index in [1.807, 2.05) is 0 Å². The Kier molecular flexibility index (Phi) is 5.08. The molecule has 0 saturated carbocycles. The molecule has 1 aromatic carbocycles. The third kappa shape index (κ3) is 4.08. The molecule has 0 aromatic heterocycles. The number of benzene rings is 1. The first-order valence-electron chi connectivity index (χ1n) is 4.86. The lowest BCUT2D eigenvalue weighted by Crippen LogP contribution is -2.30. The third-order valence-electron chi connectivity index (χ3n) is 1.84. The molecular weight excluding hydrogens is 232 g/mol. The quantitative estimate of drug-likeness (QED) is 0.834. The van der Waals surface area contributed by atoms with Crippen LogP contribution in [0, 0.1) is 0 Å². The summed E-state index contributed by atoms with van der Waals surface area (Å²) < 4.78 is 10.3. The van der Waals surface area contributed by atoms with Gasteiger partial charge in [-0.3, -0.25) is 0 Å². The van der Waals surface area contributed by atoms with E-state index in [0.717, 1.165) is 0 Å². The molecule has 1 unspecified atom stereocenters. The van der Waals surface area contributed by atoms with E-state index in [2.05, 4.69) is 0 Å². The van der Waals surface area contributed by atoms with Gasteiger partial charge in [-0.15, -0.1) is 0 Å². The van der Waals surface area contributed by atoms with Gasteiger partial charge in [0.15, 0.2) is 6.10 Å². The van der Waals surface area contributed by atoms with Crippen molar-refractivity contribution in [2.45, 2.75) is 13.0 Å². The van der Waals surface area contributed by atoms with Crippen LogP contribution in [0.4, 0.5) is 0 Å². The van der Waals surface area contributed by atoms with Gasteiger partial charge in [0.1, 0.15) is 12.4 Å². The Hall–Kier alpha value is -1.26. The number of rotatable bonds is 6. The Morgan fingerprint density at radius 1 is 1.56 bits per heavy atom. The zero-order valence-electron chi connectivity index (χ0n) is 8.85. The third-order valence-corrected chi connectivity index (χ3v) is 2.08. The second kappa shape index (κ2) is 6.35. The van der Waals surface area contributed by atoms with Gasteiger partial charge in [0, 0.05) is 11.6 Å². The topological polar surface area (TPSA) is 55.8 Å².